The van der Waals surface area contributed by atoms with Crippen LogP contribution in [-0.4, -0.2) is 30.2 Å². The average molecular weight is 257 g/mol. The van der Waals surface area contributed by atoms with Gasteiger partial charge in [-0.3, -0.25) is 4.79 Å². The molecule has 17 heavy (non-hydrogen) atoms. The average Bonchev–Trinajstić information content (AvgIpc) is 2.30. The van der Waals surface area contributed by atoms with Crippen LogP contribution in [0.1, 0.15) is 13.3 Å². The number of nitrogens with one attached hydrogen (secondary N) is 2. The number of carbonyl (C=O) groups is 1. The first-order valence-corrected chi connectivity index (χ1v) is 5.89. The minimum Gasteiger partial charge on any atom is -0.396 e. The minimum absolute atomic E-state index is 0.114. The number of rotatable bonds is 6. The van der Waals surface area contributed by atoms with Gasteiger partial charge in [-0.1, -0.05) is 11.6 Å². The highest BCUT2D eigenvalue weighted by atomic mass is 35.5. The van der Waals surface area contributed by atoms with Crippen molar-refractivity contribution in [3.05, 3.63) is 29.3 Å². The van der Waals surface area contributed by atoms with E-state index in [1.54, 1.807) is 24.3 Å². The summed E-state index contributed by atoms with van der Waals surface area (Å²) in [5, 5.41) is 15.1. The summed E-state index contributed by atoms with van der Waals surface area (Å²) < 4.78 is 0. The van der Waals surface area contributed by atoms with E-state index in [9.17, 15) is 4.79 Å². The molecule has 1 aromatic rings. The fourth-order valence-electron chi connectivity index (χ4n) is 1.30. The van der Waals surface area contributed by atoms with Crippen LogP contribution in [0.5, 0.6) is 0 Å². The third-order valence-electron chi connectivity index (χ3n) is 2.30. The van der Waals surface area contributed by atoms with E-state index in [1.807, 2.05) is 6.92 Å². The second-order valence-electron chi connectivity index (χ2n) is 3.85. The van der Waals surface area contributed by atoms with Crippen molar-refractivity contribution in [3.8, 4) is 0 Å². The summed E-state index contributed by atoms with van der Waals surface area (Å²) >= 11 is 5.74. The number of hydrogen-bond donors (Lipinski definition) is 3. The van der Waals surface area contributed by atoms with Crippen molar-refractivity contribution in [2.24, 2.45) is 0 Å². The molecule has 1 aromatic carbocycles. The van der Waals surface area contributed by atoms with Crippen molar-refractivity contribution in [2.75, 3.05) is 18.5 Å². The van der Waals surface area contributed by atoms with Gasteiger partial charge in [0.15, 0.2) is 0 Å². The molecule has 0 aliphatic rings. The predicted octanol–water partition coefficient (Wildman–Crippen LogP) is 1.64. The molecule has 0 spiro atoms. The Hall–Kier alpha value is -1.10. The number of benzene rings is 1. The zero-order chi connectivity index (χ0) is 12.7. The number of carbonyl (C=O) groups excluding carboxylic acids is 1. The molecule has 0 saturated heterocycles. The minimum atomic E-state index is -0.114. The molecule has 1 atom stereocenters. The molecule has 1 rings (SSSR count). The smallest absolute Gasteiger partial charge is 0.238 e. The van der Waals surface area contributed by atoms with Crippen molar-refractivity contribution in [2.45, 2.75) is 19.4 Å². The van der Waals surface area contributed by atoms with Crippen LogP contribution >= 0.6 is 11.6 Å². The van der Waals surface area contributed by atoms with Crippen molar-refractivity contribution >= 4 is 23.2 Å². The van der Waals surface area contributed by atoms with E-state index in [2.05, 4.69) is 10.6 Å². The van der Waals surface area contributed by atoms with Gasteiger partial charge in [0.05, 0.1) is 6.54 Å². The second-order valence-corrected chi connectivity index (χ2v) is 4.29. The van der Waals surface area contributed by atoms with Gasteiger partial charge in [0.2, 0.25) is 5.91 Å². The molecular formula is C12H17ClN2O2. The molecular weight excluding hydrogens is 240 g/mol. The first-order chi connectivity index (χ1) is 8.11. The number of amides is 1. The molecule has 0 fully saturated rings. The number of hydrogen-bond acceptors (Lipinski definition) is 3. The summed E-state index contributed by atoms with van der Waals surface area (Å²) in [6.45, 7) is 2.27. The van der Waals surface area contributed by atoms with Gasteiger partial charge in [-0.05, 0) is 37.6 Å². The zero-order valence-corrected chi connectivity index (χ0v) is 10.5. The third kappa shape index (κ3) is 5.68. The van der Waals surface area contributed by atoms with Crippen LogP contribution in [0.15, 0.2) is 24.3 Å². The lowest BCUT2D eigenvalue weighted by Crippen LogP contribution is -2.34. The standard InChI is InChI=1S/C12H17ClN2O2/c1-9(6-7-16)14-8-12(17)15-11-4-2-10(13)3-5-11/h2-5,9,14,16H,6-8H2,1H3,(H,15,17). The van der Waals surface area contributed by atoms with Crippen LogP contribution in [0.4, 0.5) is 5.69 Å². The number of aliphatic hydroxyl groups excluding tert-OH is 1. The van der Waals surface area contributed by atoms with E-state index < -0.39 is 0 Å². The molecule has 5 heteroatoms. The first-order valence-electron chi connectivity index (χ1n) is 5.51. The molecule has 0 aliphatic heterocycles. The molecule has 0 radical (unpaired) electrons. The molecule has 0 saturated carbocycles. The van der Waals surface area contributed by atoms with Crippen LogP contribution in [0, 0.1) is 0 Å². The zero-order valence-electron chi connectivity index (χ0n) is 9.74. The van der Waals surface area contributed by atoms with Crippen molar-refractivity contribution in [3.63, 3.8) is 0 Å². The molecule has 0 bridgehead atoms. The Morgan fingerprint density at radius 2 is 2.06 bits per heavy atom. The molecule has 1 amide bonds. The normalized spacial score (nSPS) is 12.2. The Bertz CT molecular complexity index is 354. The van der Waals surface area contributed by atoms with Crippen LogP contribution in [0.25, 0.3) is 0 Å². The lowest BCUT2D eigenvalue weighted by molar-refractivity contribution is -0.115. The monoisotopic (exact) mass is 256 g/mol. The summed E-state index contributed by atoms with van der Waals surface area (Å²) in [5.74, 6) is -0.114. The van der Waals surface area contributed by atoms with E-state index in [-0.39, 0.29) is 25.1 Å². The summed E-state index contributed by atoms with van der Waals surface area (Å²) in [4.78, 5) is 11.5. The maximum Gasteiger partial charge on any atom is 0.238 e. The van der Waals surface area contributed by atoms with Gasteiger partial charge in [-0.15, -0.1) is 0 Å². The van der Waals surface area contributed by atoms with E-state index >= 15 is 0 Å². The SMILES string of the molecule is CC(CCO)NCC(=O)Nc1ccc(Cl)cc1. The summed E-state index contributed by atoms with van der Waals surface area (Å²) in [6.07, 6.45) is 0.633. The van der Waals surface area contributed by atoms with Crippen molar-refractivity contribution in [1.29, 1.82) is 0 Å². The maximum atomic E-state index is 11.5. The quantitative estimate of drug-likeness (QED) is 0.725. The molecule has 0 aliphatic carbocycles. The van der Waals surface area contributed by atoms with Gasteiger partial charge >= 0.3 is 0 Å². The van der Waals surface area contributed by atoms with Crippen molar-refractivity contribution < 1.29 is 9.90 Å². The first kappa shape index (κ1) is 14.0. The topological polar surface area (TPSA) is 61.4 Å². The number of halogens is 1. The number of anilines is 1. The molecule has 4 nitrogen and oxygen atoms in total. The predicted molar refractivity (Wildman–Crippen MR) is 69.2 cm³/mol. The fraction of sp³-hybridized carbons (Fsp3) is 0.417. The Morgan fingerprint density at radius 1 is 1.41 bits per heavy atom. The Morgan fingerprint density at radius 3 is 2.65 bits per heavy atom. The molecule has 0 heterocycles. The lowest BCUT2D eigenvalue weighted by atomic mass is 10.2. The highest BCUT2D eigenvalue weighted by Crippen LogP contribution is 2.12. The second kappa shape index (κ2) is 7.27. The van der Waals surface area contributed by atoms with Crippen LogP contribution < -0.4 is 10.6 Å². The van der Waals surface area contributed by atoms with E-state index in [0.717, 1.165) is 5.69 Å². The summed E-state index contributed by atoms with van der Waals surface area (Å²) in [5.41, 5.74) is 0.719. The van der Waals surface area contributed by atoms with E-state index in [1.165, 1.54) is 0 Å². The van der Waals surface area contributed by atoms with Gasteiger partial charge in [-0.2, -0.15) is 0 Å². The van der Waals surface area contributed by atoms with Gasteiger partial charge in [-0.25, -0.2) is 0 Å². The fourth-order valence-corrected chi connectivity index (χ4v) is 1.43. The highest BCUT2D eigenvalue weighted by molar-refractivity contribution is 6.30. The molecule has 3 N–H and O–H groups in total. The Kier molecular flexibility index (Phi) is 5.97. The molecule has 0 aromatic heterocycles. The van der Waals surface area contributed by atoms with Gasteiger partial charge in [0.1, 0.15) is 0 Å². The van der Waals surface area contributed by atoms with Crippen LogP contribution in [-0.2, 0) is 4.79 Å². The van der Waals surface area contributed by atoms with Gasteiger partial charge in [0, 0.05) is 23.4 Å². The lowest BCUT2D eigenvalue weighted by Gasteiger charge is -2.12. The molecule has 1 unspecified atom stereocenters. The van der Waals surface area contributed by atoms with E-state index in [4.69, 9.17) is 16.7 Å². The maximum absolute atomic E-state index is 11.5. The number of aliphatic hydroxyl groups is 1. The van der Waals surface area contributed by atoms with Gasteiger partial charge in [0.25, 0.3) is 0 Å². The van der Waals surface area contributed by atoms with Crippen LogP contribution in [0.2, 0.25) is 5.02 Å². The summed E-state index contributed by atoms with van der Waals surface area (Å²) in [6, 6.07) is 7.06. The van der Waals surface area contributed by atoms with E-state index in [0.29, 0.717) is 11.4 Å². The highest BCUT2D eigenvalue weighted by Gasteiger charge is 2.05. The van der Waals surface area contributed by atoms with Gasteiger partial charge < -0.3 is 15.7 Å². The largest absolute Gasteiger partial charge is 0.396 e. The Balaban J connectivity index is 2.32. The Labute approximate surface area is 106 Å². The summed E-state index contributed by atoms with van der Waals surface area (Å²) in [7, 11) is 0. The third-order valence-corrected chi connectivity index (χ3v) is 2.55. The van der Waals surface area contributed by atoms with Crippen LogP contribution in [0.3, 0.4) is 0 Å². The molecule has 94 valence electrons. The van der Waals surface area contributed by atoms with Crippen molar-refractivity contribution in [1.82, 2.24) is 5.32 Å².